The van der Waals surface area contributed by atoms with Gasteiger partial charge in [0.05, 0.1) is 0 Å². The van der Waals surface area contributed by atoms with Gasteiger partial charge in [0.2, 0.25) is 0 Å². The summed E-state index contributed by atoms with van der Waals surface area (Å²) >= 11 is 0. The molecule has 2 unspecified atom stereocenters. The van der Waals surface area contributed by atoms with E-state index in [1.54, 1.807) is 6.20 Å². The van der Waals surface area contributed by atoms with Crippen LogP contribution < -0.4 is 5.56 Å². The van der Waals surface area contributed by atoms with Crippen molar-refractivity contribution in [2.24, 2.45) is 5.92 Å². The fraction of sp³-hybridized carbons (Fsp3) is 0.562. The Morgan fingerprint density at radius 3 is 2.90 bits per heavy atom. The molecule has 1 saturated carbocycles. The first-order valence-electron chi connectivity index (χ1n) is 7.88. The normalized spacial score (nSPS) is 23.5. The second-order valence-corrected chi connectivity index (χ2v) is 6.15. The monoisotopic (exact) mass is 272 g/mol. The van der Waals surface area contributed by atoms with Gasteiger partial charge in [-0.2, -0.15) is 0 Å². The van der Waals surface area contributed by atoms with E-state index in [-0.39, 0.29) is 23.8 Å². The molecule has 2 atom stereocenters. The van der Waals surface area contributed by atoms with Gasteiger partial charge in [0.25, 0.3) is 5.56 Å². The molecule has 1 aliphatic carbocycles. The Bertz CT molecular complexity index is 738. The smallest absolute Gasteiger partial charge is 0.255 e. The highest BCUT2D eigenvalue weighted by Gasteiger charge is 2.28. The van der Waals surface area contributed by atoms with E-state index in [4.69, 9.17) is 1.37 Å². The molecule has 20 heavy (non-hydrogen) atoms. The molecule has 0 spiro atoms. The van der Waals surface area contributed by atoms with Crippen molar-refractivity contribution in [2.45, 2.75) is 52.0 Å². The summed E-state index contributed by atoms with van der Waals surface area (Å²) in [6, 6.07) is 2.07. The quantitative estimate of drug-likeness (QED) is 0.843. The van der Waals surface area contributed by atoms with Crippen molar-refractivity contribution in [3.63, 3.8) is 0 Å². The third kappa shape index (κ3) is 2.03. The molecule has 2 heterocycles. The number of nitrogens with zero attached hydrogens (tertiary/aromatic N) is 3. The Hall–Kier alpha value is -1.71. The maximum atomic E-state index is 12.9. The van der Waals surface area contributed by atoms with Crippen LogP contribution in [0.25, 0.3) is 11.0 Å². The van der Waals surface area contributed by atoms with Gasteiger partial charge < -0.3 is 0 Å². The van der Waals surface area contributed by atoms with Crippen LogP contribution in [-0.4, -0.2) is 14.5 Å². The van der Waals surface area contributed by atoms with Crippen LogP contribution in [-0.2, 0) is 0 Å². The highest BCUT2D eigenvalue weighted by molar-refractivity contribution is 5.74. The molecule has 0 amide bonds. The molecule has 0 aromatic carbocycles. The van der Waals surface area contributed by atoms with Crippen LogP contribution in [0.3, 0.4) is 0 Å². The summed E-state index contributed by atoms with van der Waals surface area (Å²) in [5.41, 5.74) is 1.47. The fourth-order valence-electron chi connectivity index (χ4n) is 3.29. The number of rotatable bonds is 2. The number of pyridine rings is 1. The summed E-state index contributed by atoms with van der Waals surface area (Å²) in [5, 5.41) is 0.855. The number of aromatic nitrogens is 3. The van der Waals surface area contributed by atoms with Crippen LogP contribution in [0.15, 0.2) is 23.4 Å². The fourth-order valence-corrected chi connectivity index (χ4v) is 3.29. The third-order valence-corrected chi connectivity index (χ3v) is 4.45. The minimum absolute atomic E-state index is 0.0291. The maximum Gasteiger partial charge on any atom is 0.255 e. The molecular formula is C16H21N3O. The predicted molar refractivity (Wildman–Crippen MR) is 79.9 cm³/mol. The second-order valence-electron chi connectivity index (χ2n) is 6.15. The van der Waals surface area contributed by atoms with Gasteiger partial charge in [0.15, 0.2) is 0 Å². The maximum absolute atomic E-state index is 12.9. The first-order valence-corrected chi connectivity index (χ1v) is 7.38. The Labute approximate surface area is 120 Å². The first-order chi connectivity index (χ1) is 9.99. The van der Waals surface area contributed by atoms with Crippen molar-refractivity contribution >= 4 is 11.0 Å². The average Bonchev–Trinajstić information content (AvgIpc) is 2.84. The van der Waals surface area contributed by atoms with Crippen LogP contribution in [0.2, 0.25) is 0 Å². The summed E-state index contributed by atoms with van der Waals surface area (Å²) in [4.78, 5) is 21.1. The van der Waals surface area contributed by atoms with E-state index in [0.717, 1.165) is 30.2 Å². The largest absolute Gasteiger partial charge is 0.289 e. The van der Waals surface area contributed by atoms with E-state index in [0.29, 0.717) is 11.6 Å². The molecule has 0 N–H and O–H groups in total. The lowest BCUT2D eigenvalue weighted by Crippen LogP contribution is -2.30. The molecule has 0 bridgehead atoms. The molecule has 4 heteroatoms. The summed E-state index contributed by atoms with van der Waals surface area (Å²) in [6.07, 6.45) is 4.92. The van der Waals surface area contributed by atoms with Crippen LogP contribution in [0.4, 0.5) is 0 Å². The highest BCUT2D eigenvalue weighted by Crippen LogP contribution is 2.36. The van der Waals surface area contributed by atoms with Gasteiger partial charge in [-0.3, -0.25) is 9.36 Å². The van der Waals surface area contributed by atoms with E-state index in [1.807, 2.05) is 24.5 Å². The first kappa shape index (κ1) is 12.1. The van der Waals surface area contributed by atoms with Crippen molar-refractivity contribution in [1.29, 1.82) is 0 Å². The van der Waals surface area contributed by atoms with Gasteiger partial charge in [0.1, 0.15) is 13.3 Å². The van der Waals surface area contributed by atoms with Gasteiger partial charge in [-0.1, -0.05) is 27.2 Å². The van der Waals surface area contributed by atoms with Crippen molar-refractivity contribution in [1.82, 2.24) is 14.5 Å². The Balaban J connectivity index is 2.35. The number of hydrogen-bond donors (Lipinski definition) is 0. The zero-order chi connectivity index (χ0) is 15.1. The van der Waals surface area contributed by atoms with E-state index >= 15 is 0 Å². The van der Waals surface area contributed by atoms with Crippen LogP contribution in [0.1, 0.15) is 58.9 Å². The van der Waals surface area contributed by atoms with Crippen molar-refractivity contribution in [3.05, 3.63) is 34.5 Å². The van der Waals surface area contributed by atoms with Gasteiger partial charge in [-0.15, -0.1) is 0 Å². The zero-order valence-corrected chi connectivity index (χ0v) is 12.3. The summed E-state index contributed by atoms with van der Waals surface area (Å²) in [5.74, 6) is 0.637. The van der Waals surface area contributed by atoms with Crippen LogP contribution >= 0.6 is 0 Å². The summed E-state index contributed by atoms with van der Waals surface area (Å²) in [6.45, 7) is 6.26. The van der Waals surface area contributed by atoms with Crippen LogP contribution in [0, 0.1) is 5.92 Å². The average molecular weight is 272 g/mol. The van der Waals surface area contributed by atoms with E-state index in [2.05, 4.69) is 16.9 Å². The van der Waals surface area contributed by atoms with Crippen molar-refractivity contribution < 1.29 is 1.37 Å². The lowest BCUT2D eigenvalue weighted by molar-refractivity contribution is 0.404. The van der Waals surface area contributed by atoms with E-state index < -0.39 is 0 Å². The van der Waals surface area contributed by atoms with Crippen molar-refractivity contribution in [3.8, 4) is 0 Å². The Morgan fingerprint density at radius 2 is 2.25 bits per heavy atom. The summed E-state index contributed by atoms with van der Waals surface area (Å²) in [7, 11) is 0. The molecule has 0 saturated heterocycles. The number of fused-ring (bicyclic) bond motifs is 1. The molecule has 1 aliphatic rings. The SMILES string of the molecule is [2H]c1ncc2cc(C(C)C)c(=O)n(C3CCCC3C)c2n1. The van der Waals surface area contributed by atoms with Crippen LogP contribution in [0.5, 0.6) is 0 Å². The van der Waals surface area contributed by atoms with E-state index in [9.17, 15) is 4.79 Å². The molecule has 2 aromatic heterocycles. The van der Waals surface area contributed by atoms with Gasteiger partial charge in [-0.05, 0) is 30.7 Å². The molecule has 106 valence electrons. The molecule has 3 rings (SSSR count). The molecule has 4 nitrogen and oxygen atoms in total. The van der Waals surface area contributed by atoms with Gasteiger partial charge in [0, 0.05) is 23.2 Å². The van der Waals surface area contributed by atoms with Gasteiger partial charge >= 0.3 is 0 Å². The predicted octanol–water partition coefficient (Wildman–Crippen LogP) is 3.28. The standard InChI is InChI=1S/C16H21N3O/c1-10(2)13-7-12-8-17-9-18-15(12)19(16(13)20)14-6-4-5-11(14)3/h7-11,14H,4-6H2,1-3H3/i9D. The Morgan fingerprint density at radius 1 is 1.45 bits per heavy atom. The topological polar surface area (TPSA) is 47.8 Å². The Kier molecular flexibility index (Phi) is 3.02. The molecule has 0 aliphatic heterocycles. The molecule has 2 aromatic rings. The number of hydrogen-bond acceptors (Lipinski definition) is 3. The lowest BCUT2D eigenvalue weighted by atomic mass is 10.0. The van der Waals surface area contributed by atoms with Crippen molar-refractivity contribution in [2.75, 3.05) is 0 Å². The third-order valence-electron chi connectivity index (χ3n) is 4.45. The zero-order valence-electron chi connectivity index (χ0n) is 13.3. The minimum atomic E-state index is -0.0291. The molecular weight excluding hydrogens is 250 g/mol. The van der Waals surface area contributed by atoms with Gasteiger partial charge in [-0.25, -0.2) is 9.97 Å². The lowest BCUT2D eigenvalue weighted by Gasteiger charge is -2.22. The summed E-state index contributed by atoms with van der Waals surface area (Å²) < 4.78 is 9.50. The second kappa shape index (κ2) is 5.00. The highest BCUT2D eigenvalue weighted by atomic mass is 16.1. The minimum Gasteiger partial charge on any atom is -0.289 e. The van der Waals surface area contributed by atoms with E-state index in [1.165, 1.54) is 0 Å². The molecule has 0 radical (unpaired) electrons. The molecule has 1 fully saturated rings.